The first-order valence-corrected chi connectivity index (χ1v) is 9.52. The number of unbranched alkanes of at least 4 members (excludes halogenated alkanes) is 1. The summed E-state index contributed by atoms with van der Waals surface area (Å²) in [6.07, 6.45) is 9.02. The molecule has 136 valence electrons. The van der Waals surface area contributed by atoms with Gasteiger partial charge in [0.15, 0.2) is 0 Å². The second kappa shape index (κ2) is 9.55. The van der Waals surface area contributed by atoms with E-state index < -0.39 is 0 Å². The van der Waals surface area contributed by atoms with Crippen LogP contribution < -0.4 is 10.6 Å². The zero-order valence-electron chi connectivity index (χ0n) is 15.0. The van der Waals surface area contributed by atoms with Gasteiger partial charge in [-0.1, -0.05) is 30.0 Å². The molecule has 0 radical (unpaired) electrons. The van der Waals surface area contributed by atoms with Crippen molar-refractivity contribution in [1.82, 2.24) is 9.97 Å². The van der Waals surface area contributed by atoms with Gasteiger partial charge in [0.25, 0.3) is 0 Å². The van der Waals surface area contributed by atoms with E-state index in [0.29, 0.717) is 17.2 Å². The third-order valence-electron chi connectivity index (χ3n) is 3.73. The minimum absolute atomic E-state index is 0.514. The van der Waals surface area contributed by atoms with Gasteiger partial charge in [0, 0.05) is 30.1 Å². The minimum atomic E-state index is 0.514. The largest absolute Gasteiger partial charge is 0.354 e. The SMILES string of the molecule is C/C=C\N=C/CCCNc1nccc(/C(C#N)=C2\Nc3ccccc3S2)n1. The van der Waals surface area contributed by atoms with Crippen LogP contribution in [0.25, 0.3) is 5.57 Å². The number of hydrogen-bond donors (Lipinski definition) is 2. The highest BCUT2D eigenvalue weighted by molar-refractivity contribution is 8.04. The molecule has 0 spiro atoms. The summed E-state index contributed by atoms with van der Waals surface area (Å²) in [6.45, 7) is 2.68. The minimum Gasteiger partial charge on any atom is -0.354 e. The van der Waals surface area contributed by atoms with Crippen molar-refractivity contribution in [3.8, 4) is 6.07 Å². The van der Waals surface area contributed by atoms with E-state index in [4.69, 9.17) is 0 Å². The van der Waals surface area contributed by atoms with Gasteiger partial charge in [-0.2, -0.15) is 5.26 Å². The number of thioether (sulfide) groups is 1. The lowest BCUT2D eigenvalue weighted by Crippen LogP contribution is -2.07. The van der Waals surface area contributed by atoms with Crippen molar-refractivity contribution in [1.29, 1.82) is 5.26 Å². The van der Waals surface area contributed by atoms with E-state index in [2.05, 4.69) is 31.7 Å². The molecule has 2 N–H and O–H groups in total. The Hall–Kier alpha value is -3.11. The van der Waals surface area contributed by atoms with Crippen molar-refractivity contribution >= 4 is 35.2 Å². The summed E-state index contributed by atoms with van der Waals surface area (Å²) in [5.41, 5.74) is 2.13. The van der Waals surface area contributed by atoms with Crippen LogP contribution in [0, 0.1) is 11.3 Å². The maximum atomic E-state index is 9.66. The Labute approximate surface area is 163 Å². The zero-order chi connectivity index (χ0) is 18.9. The van der Waals surface area contributed by atoms with Crippen LogP contribution in [0.5, 0.6) is 0 Å². The van der Waals surface area contributed by atoms with Gasteiger partial charge in [0.05, 0.1) is 16.4 Å². The molecular formula is C20H20N6S. The highest BCUT2D eigenvalue weighted by Gasteiger charge is 2.20. The molecule has 0 saturated heterocycles. The molecule has 0 saturated carbocycles. The number of allylic oxidation sites excluding steroid dienone is 2. The lowest BCUT2D eigenvalue weighted by atomic mass is 10.2. The number of rotatable bonds is 7. The molecule has 1 aliphatic rings. The molecule has 1 aliphatic heterocycles. The lowest BCUT2D eigenvalue weighted by Gasteiger charge is -2.07. The smallest absolute Gasteiger partial charge is 0.223 e. The van der Waals surface area contributed by atoms with Crippen LogP contribution in [-0.2, 0) is 0 Å². The van der Waals surface area contributed by atoms with E-state index in [-0.39, 0.29) is 0 Å². The van der Waals surface area contributed by atoms with E-state index >= 15 is 0 Å². The quantitative estimate of drug-likeness (QED) is 0.414. The summed E-state index contributed by atoms with van der Waals surface area (Å²) < 4.78 is 0. The van der Waals surface area contributed by atoms with E-state index in [1.807, 2.05) is 43.5 Å². The standard InChI is InChI=1S/C20H20N6S/c1-2-10-22-11-5-6-12-23-20-24-13-9-16(26-20)15(14-21)19-25-17-7-3-4-8-18(17)27-19/h2-4,7-11,13,25H,5-6,12H2,1H3,(H,23,24,26)/b10-2-,19-15+,22-11-. The molecule has 6 nitrogen and oxygen atoms in total. The predicted molar refractivity (Wildman–Crippen MR) is 112 cm³/mol. The number of fused-ring (bicyclic) bond motifs is 1. The average Bonchev–Trinajstić information content (AvgIpc) is 3.12. The molecule has 0 unspecified atom stereocenters. The van der Waals surface area contributed by atoms with Crippen molar-refractivity contribution in [2.24, 2.45) is 4.99 Å². The number of nitriles is 1. The first-order chi connectivity index (χ1) is 13.3. The lowest BCUT2D eigenvalue weighted by molar-refractivity contribution is 0.906. The molecule has 3 rings (SSSR count). The fourth-order valence-electron chi connectivity index (χ4n) is 2.45. The van der Waals surface area contributed by atoms with E-state index in [1.54, 1.807) is 30.2 Å². The topological polar surface area (TPSA) is 86.0 Å². The van der Waals surface area contributed by atoms with Crippen LogP contribution >= 0.6 is 11.8 Å². The third-order valence-corrected chi connectivity index (χ3v) is 4.82. The van der Waals surface area contributed by atoms with E-state index in [0.717, 1.165) is 35.0 Å². The summed E-state index contributed by atoms with van der Waals surface area (Å²) in [5.74, 6) is 0.520. The van der Waals surface area contributed by atoms with Gasteiger partial charge in [-0.3, -0.25) is 4.99 Å². The maximum absolute atomic E-state index is 9.66. The van der Waals surface area contributed by atoms with Crippen LogP contribution in [0.15, 0.2) is 63.7 Å². The average molecular weight is 376 g/mol. The number of anilines is 2. The van der Waals surface area contributed by atoms with Gasteiger partial charge in [0.2, 0.25) is 5.95 Å². The van der Waals surface area contributed by atoms with Crippen LogP contribution in [-0.4, -0.2) is 22.7 Å². The Morgan fingerprint density at radius 1 is 1.37 bits per heavy atom. The van der Waals surface area contributed by atoms with E-state index in [9.17, 15) is 5.26 Å². The molecule has 0 amide bonds. The van der Waals surface area contributed by atoms with Gasteiger partial charge in [0.1, 0.15) is 11.6 Å². The van der Waals surface area contributed by atoms with Crippen molar-refractivity contribution in [2.45, 2.75) is 24.7 Å². The molecule has 0 atom stereocenters. The van der Waals surface area contributed by atoms with Crippen LogP contribution in [0.2, 0.25) is 0 Å². The Kier molecular flexibility index (Phi) is 6.61. The molecule has 1 aromatic carbocycles. The number of benzene rings is 1. The molecule has 0 fully saturated rings. The monoisotopic (exact) mass is 376 g/mol. The Balaban J connectivity index is 1.66. The number of nitrogens with zero attached hydrogens (tertiary/aromatic N) is 4. The first kappa shape index (κ1) is 18.7. The number of para-hydroxylation sites is 1. The number of aromatic nitrogens is 2. The highest BCUT2D eigenvalue weighted by Crippen LogP contribution is 2.43. The zero-order valence-corrected chi connectivity index (χ0v) is 15.8. The van der Waals surface area contributed by atoms with Crippen molar-refractivity contribution in [2.75, 3.05) is 17.2 Å². The normalized spacial score (nSPS) is 14.8. The van der Waals surface area contributed by atoms with Gasteiger partial charge < -0.3 is 10.6 Å². The third kappa shape index (κ3) is 4.96. The molecule has 0 bridgehead atoms. The van der Waals surface area contributed by atoms with Crippen molar-refractivity contribution in [3.05, 3.63) is 59.5 Å². The van der Waals surface area contributed by atoms with E-state index in [1.165, 1.54) is 0 Å². The van der Waals surface area contributed by atoms with Gasteiger partial charge in [-0.15, -0.1) is 0 Å². The number of hydrogen-bond acceptors (Lipinski definition) is 7. The first-order valence-electron chi connectivity index (χ1n) is 8.70. The summed E-state index contributed by atoms with van der Waals surface area (Å²) in [4.78, 5) is 14.0. The second-order valence-electron chi connectivity index (χ2n) is 5.69. The molecule has 27 heavy (non-hydrogen) atoms. The fraction of sp³-hybridized carbons (Fsp3) is 0.200. The van der Waals surface area contributed by atoms with Gasteiger partial charge in [-0.05, 0) is 38.0 Å². The van der Waals surface area contributed by atoms with Crippen molar-refractivity contribution in [3.63, 3.8) is 0 Å². The van der Waals surface area contributed by atoms with Crippen LogP contribution in [0.1, 0.15) is 25.5 Å². The maximum Gasteiger partial charge on any atom is 0.223 e. The summed E-state index contributed by atoms with van der Waals surface area (Å²) >= 11 is 1.55. The summed E-state index contributed by atoms with van der Waals surface area (Å²) in [6, 6.07) is 12.0. The van der Waals surface area contributed by atoms with Gasteiger partial charge >= 0.3 is 0 Å². The second-order valence-corrected chi connectivity index (χ2v) is 6.74. The predicted octanol–water partition coefficient (Wildman–Crippen LogP) is 4.68. The molecule has 2 aromatic rings. The molecule has 0 aliphatic carbocycles. The Morgan fingerprint density at radius 2 is 2.26 bits per heavy atom. The molecule has 1 aromatic heterocycles. The Morgan fingerprint density at radius 3 is 3.07 bits per heavy atom. The molecule has 2 heterocycles. The van der Waals surface area contributed by atoms with Crippen molar-refractivity contribution < 1.29 is 0 Å². The Bertz CT molecular complexity index is 899. The fourth-order valence-corrected chi connectivity index (χ4v) is 3.46. The molecular weight excluding hydrogens is 356 g/mol. The number of nitrogens with one attached hydrogen (secondary N) is 2. The molecule has 7 heteroatoms. The number of aliphatic imine (C=N–C) groups is 1. The highest BCUT2D eigenvalue weighted by atomic mass is 32.2. The summed E-state index contributed by atoms with van der Waals surface area (Å²) in [5, 5.41) is 17.0. The van der Waals surface area contributed by atoms with Crippen LogP contribution in [0.3, 0.4) is 0 Å². The van der Waals surface area contributed by atoms with Gasteiger partial charge in [-0.25, -0.2) is 9.97 Å². The summed E-state index contributed by atoms with van der Waals surface area (Å²) in [7, 11) is 0. The van der Waals surface area contributed by atoms with Crippen LogP contribution in [0.4, 0.5) is 11.6 Å².